The lowest BCUT2D eigenvalue weighted by molar-refractivity contribution is 0.0629. The summed E-state index contributed by atoms with van der Waals surface area (Å²) in [4.78, 5) is 31.4. The summed E-state index contributed by atoms with van der Waals surface area (Å²) < 4.78 is 0. The number of rotatable bonds is 3. The van der Waals surface area contributed by atoms with Crippen LogP contribution in [0.1, 0.15) is 22.5 Å². The van der Waals surface area contributed by atoms with Gasteiger partial charge in [-0.05, 0) is 25.0 Å². The van der Waals surface area contributed by atoms with Crippen LogP contribution in [0.25, 0.3) is 11.0 Å². The van der Waals surface area contributed by atoms with E-state index in [4.69, 9.17) is 0 Å². The monoisotopic (exact) mass is 403 g/mol. The summed E-state index contributed by atoms with van der Waals surface area (Å²) in [6.45, 7) is 2.37. The van der Waals surface area contributed by atoms with Gasteiger partial charge in [0.05, 0.1) is 15.8 Å². The van der Waals surface area contributed by atoms with Crippen molar-refractivity contribution in [2.75, 3.05) is 24.5 Å². The van der Waals surface area contributed by atoms with Gasteiger partial charge in [0.1, 0.15) is 17.8 Å². The van der Waals surface area contributed by atoms with Crippen molar-refractivity contribution < 1.29 is 4.79 Å². The number of piperazine rings is 1. The van der Waals surface area contributed by atoms with Crippen molar-refractivity contribution in [2.24, 2.45) is 0 Å². The second kappa shape index (κ2) is 6.22. The predicted octanol–water partition coefficient (Wildman–Crippen LogP) is 3.40. The molecule has 0 bridgehead atoms. The molecule has 1 spiro atoms. The Hall–Kier alpha value is -1.63. The molecule has 2 fully saturated rings. The van der Waals surface area contributed by atoms with Crippen LogP contribution < -0.4 is 4.90 Å². The number of aromatic amines is 1. The molecule has 134 valence electrons. The average Bonchev–Trinajstić information content (AvgIpc) is 3.11. The minimum Gasteiger partial charge on any atom is -0.352 e. The van der Waals surface area contributed by atoms with Crippen molar-refractivity contribution in [3.8, 4) is 0 Å². The van der Waals surface area contributed by atoms with E-state index in [1.807, 2.05) is 23.7 Å². The maximum absolute atomic E-state index is 13.1. The fourth-order valence-corrected chi connectivity index (χ4v) is 5.83. The fraction of sp³-hybridized carbons (Fsp3) is 0.353. The molecular formula is C17H18N5OPS2. The Balaban J connectivity index is 1.41. The van der Waals surface area contributed by atoms with Crippen LogP contribution in [0, 0.1) is 0 Å². The van der Waals surface area contributed by atoms with Crippen LogP contribution in [0.15, 0.2) is 34.9 Å². The minimum atomic E-state index is -0.0405. The van der Waals surface area contributed by atoms with Gasteiger partial charge in [-0.2, -0.15) is 0 Å². The van der Waals surface area contributed by atoms with Crippen LogP contribution in [0.2, 0.25) is 0 Å². The first-order chi connectivity index (χ1) is 12.7. The molecule has 4 heterocycles. The van der Waals surface area contributed by atoms with E-state index in [0.29, 0.717) is 0 Å². The molecule has 0 aromatic carbocycles. The number of carbonyl (C=O) groups is 1. The van der Waals surface area contributed by atoms with Gasteiger partial charge in [0.15, 0.2) is 0 Å². The van der Waals surface area contributed by atoms with Gasteiger partial charge < -0.3 is 14.8 Å². The number of fused-ring (bicyclic) bond motifs is 1. The molecule has 3 aromatic heterocycles. The first-order valence-corrected chi connectivity index (χ1v) is 11.7. The Morgan fingerprint density at radius 2 is 2.23 bits per heavy atom. The molecule has 3 aromatic rings. The van der Waals surface area contributed by atoms with Crippen LogP contribution in [0.4, 0.5) is 5.82 Å². The second-order valence-corrected chi connectivity index (χ2v) is 9.13. The SMILES string of the molecule is O=C(c1cc(SP)cs1)N1CCN(c2ncnc3[nH]ccc23)CC12CC2. The Morgan fingerprint density at radius 1 is 1.35 bits per heavy atom. The number of hydrogen-bond donors (Lipinski definition) is 1. The third-order valence-corrected chi connectivity index (χ3v) is 7.67. The molecule has 0 radical (unpaired) electrons. The molecule has 5 rings (SSSR count). The largest absolute Gasteiger partial charge is 0.352 e. The summed E-state index contributed by atoms with van der Waals surface area (Å²) in [5.74, 6) is 1.14. The molecule has 1 amide bonds. The number of aromatic nitrogens is 3. The molecule has 1 unspecified atom stereocenters. The molecule has 6 nitrogen and oxygen atoms in total. The van der Waals surface area contributed by atoms with Crippen molar-refractivity contribution in [2.45, 2.75) is 23.3 Å². The summed E-state index contributed by atoms with van der Waals surface area (Å²) >= 11 is 3.14. The Morgan fingerprint density at radius 3 is 3.00 bits per heavy atom. The number of anilines is 1. The maximum Gasteiger partial charge on any atom is 0.264 e. The number of H-pyrrole nitrogens is 1. The molecular weight excluding hydrogens is 385 g/mol. The van der Waals surface area contributed by atoms with E-state index in [0.717, 1.165) is 59.1 Å². The number of nitrogens with zero attached hydrogens (tertiary/aromatic N) is 4. The summed E-state index contributed by atoms with van der Waals surface area (Å²) in [7, 11) is 2.64. The van der Waals surface area contributed by atoms with Crippen molar-refractivity contribution in [3.63, 3.8) is 0 Å². The number of carbonyl (C=O) groups excluding carboxylic acids is 1. The highest BCUT2D eigenvalue weighted by Gasteiger charge is 2.53. The van der Waals surface area contributed by atoms with E-state index in [1.165, 1.54) is 0 Å². The highest BCUT2D eigenvalue weighted by Crippen LogP contribution is 2.46. The normalized spacial score (nSPS) is 18.7. The highest BCUT2D eigenvalue weighted by molar-refractivity contribution is 8.43. The van der Waals surface area contributed by atoms with E-state index < -0.39 is 0 Å². The molecule has 1 aliphatic carbocycles. The lowest BCUT2D eigenvalue weighted by atomic mass is 10.1. The van der Waals surface area contributed by atoms with Gasteiger partial charge in [0.2, 0.25) is 0 Å². The molecule has 1 aliphatic heterocycles. The number of amides is 1. The molecule has 1 saturated heterocycles. The molecule has 1 saturated carbocycles. The van der Waals surface area contributed by atoms with Crippen LogP contribution in [0.5, 0.6) is 0 Å². The van der Waals surface area contributed by atoms with Gasteiger partial charge in [0, 0.05) is 36.1 Å². The Bertz CT molecular complexity index is 982. The lowest BCUT2D eigenvalue weighted by Crippen LogP contribution is -2.57. The van der Waals surface area contributed by atoms with Crippen LogP contribution >= 0.6 is 31.2 Å². The number of thiophene rings is 1. The van der Waals surface area contributed by atoms with Gasteiger partial charge in [-0.25, -0.2) is 9.97 Å². The van der Waals surface area contributed by atoms with Crippen LogP contribution in [0.3, 0.4) is 0 Å². The molecule has 9 heteroatoms. The lowest BCUT2D eigenvalue weighted by Gasteiger charge is -2.42. The zero-order valence-electron chi connectivity index (χ0n) is 14.0. The molecule has 2 aliphatic rings. The quantitative estimate of drug-likeness (QED) is 0.679. The zero-order valence-corrected chi connectivity index (χ0v) is 16.8. The Kier molecular flexibility index (Phi) is 3.95. The van der Waals surface area contributed by atoms with E-state index in [9.17, 15) is 4.79 Å². The minimum absolute atomic E-state index is 0.0405. The first kappa shape index (κ1) is 16.5. The van der Waals surface area contributed by atoms with E-state index in [2.05, 4.69) is 33.2 Å². The Labute approximate surface area is 161 Å². The topological polar surface area (TPSA) is 65.1 Å². The molecule has 26 heavy (non-hydrogen) atoms. The van der Waals surface area contributed by atoms with E-state index >= 15 is 0 Å². The second-order valence-electron chi connectivity index (χ2n) is 6.80. The predicted molar refractivity (Wildman–Crippen MR) is 109 cm³/mol. The first-order valence-electron chi connectivity index (χ1n) is 8.50. The third-order valence-electron chi connectivity index (χ3n) is 5.28. The van der Waals surface area contributed by atoms with Gasteiger partial charge >= 0.3 is 0 Å². The van der Waals surface area contributed by atoms with Gasteiger partial charge in [0.25, 0.3) is 5.91 Å². The van der Waals surface area contributed by atoms with Gasteiger partial charge in [-0.15, -0.1) is 22.7 Å². The van der Waals surface area contributed by atoms with Crippen molar-refractivity contribution in [1.82, 2.24) is 19.9 Å². The standard InChI is InChI=1S/C17H18N5OPS2/c23-16(13-7-11(26-24)8-25-13)22-6-5-21(9-17(22)2-3-17)15-12-1-4-18-14(12)19-10-20-15/h1,4,7-8,10H,2-3,5-6,9,24H2,(H,18,19,20). The maximum atomic E-state index is 13.1. The zero-order chi connectivity index (χ0) is 17.7. The van der Waals surface area contributed by atoms with Crippen molar-refractivity contribution in [3.05, 3.63) is 34.9 Å². The molecule has 1 N–H and O–H groups in total. The number of nitrogens with one attached hydrogen (secondary N) is 1. The van der Waals surface area contributed by atoms with Crippen molar-refractivity contribution >= 4 is 53.9 Å². The van der Waals surface area contributed by atoms with Gasteiger partial charge in [-0.3, -0.25) is 4.79 Å². The molecule has 1 atom stereocenters. The average molecular weight is 403 g/mol. The van der Waals surface area contributed by atoms with Crippen LogP contribution in [-0.2, 0) is 0 Å². The highest BCUT2D eigenvalue weighted by atomic mass is 32.7. The van der Waals surface area contributed by atoms with Gasteiger partial charge in [-0.1, -0.05) is 8.44 Å². The smallest absolute Gasteiger partial charge is 0.264 e. The summed E-state index contributed by atoms with van der Waals surface area (Å²) in [5.41, 5.74) is 0.820. The number of hydrogen-bond acceptors (Lipinski definition) is 6. The summed E-state index contributed by atoms with van der Waals surface area (Å²) in [5, 5.41) is 3.09. The van der Waals surface area contributed by atoms with E-state index in [1.54, 1.807) is 29.0 Å². The van der Waals surface area contributed by atoms with Crippen molar-refractivity contribution in [1.29, 1.82) is 0 Å². The summed E-state index contributed by atoms with van der Waals surface area (Å²) in [6, 6.07) is 4.02. The van der Waals surface area contributed by atoms with Crippen LogP contribution in [-0.4, -0.2) is 50.9 Å². The fourth-order valence-electron chi connectivity index (χ4n) is 3.78. The third kappa shape index (κ3) is 2.63. The van der Waals surface area contributed by atoms with E-state index in [-0.39, 0.29) is 11.4 Å². The summed E-state index contributed by atoms with van der Waals surface area (Å²) in [6.07, 6.45) is 5.63.